The lowest BCUT2D eigenvalue weighted by molar-refractivity contribution is 0.181. The van der Waals surface area contributed by atoms with Crippen molar-refractivity contribution < 1.29 is 26.7 Å². The topological polar surface area (TPSA) is 66.9 Å². The summed E-state index contributed by atoms with van der Waals surface area (Å²) < 4.78 is 55.3. The van der Waals surface area contributed by atoms with Gasteiger partial charge in [0.15, 0.2) is 0 Å². The first-order valence-corrected chi connectivity index (χ1v) is 10.4. The predicted octanol–water partition coefficient (Wildman–Crippen LogP) is 3.20. The summed E-state index contributed by atoms with van der Waals surface area (Å²) in [4.78, 5) is 14.9. The van der Waals surface area contributed by atoms with E-state index in [-0.39, 0.29) is 16.7 Å². The number of rotatable bonds is 4. The van der Waals surface area contributed by atoms with Gasteiger partial charge in [-0.25, -0.2) is 13.2 Å². The van der Waals surface area contributed by atoms with Crippen LogP contribution in [0.25, 0.3) is 0 Å². The van der Waals surface area contributed by atoms with Crippen molar-refractivity contribution in [1.82, 2.24) is 0 Å². The molecule has 1 saturated heterocycles. The smallest absolute Gasteiger partial charge is 0.414 e. The highest BCUT2D eigenvalue weighted by molar-refractivity contribution is 7.91. The highest BCUT2D eigenvalue weighted by Crippen LogP contribution is 2.35. The molecule has 28 heavy (non-hydrogen) atoms. The molecule has 0 aromatic heterocycles. The monoisotopic (exact) mass is 408 g/mol. The molecule has 0 bridgehead atoms. The molecule has 6 nitrogen and oxygen atoms in total. The van der Waals surface area contributed by atoms with Crippen LogP contribution in [0.3, 0.4) is 0 Å². The number of benzene rings is 2. The van der Waals surface area contributed by atoms with E-state index in [2.05, 4.69) is 0 Å². The number of nitrogens with zero attached hydrogens (tertiary/aromatic N) is 2. The summed E-state index contributed by atoms with van der Waals surface area (Å²) in [7, 11) is -4.71. The summed E-state index contributed by atoms with van der Waals surface area (Å²) in [6.07, 6.45) is 0.169. The van der Waals surface area contributed by atoms with E-state index in [9.17, 15) is 22.0 Å². The quantitative estimate of drug-likeness (QED) is 0.777. The van der Waals surface area contributed by atoms with Crippen molar-refractivity contribution in [3.05, 3.63) is 53.6 Å². The summed E-state index contributed by atoms with van der Waals surface area (Å²) in [5.74, 6) is -3.47. The van der Waals surface area contributed by atoms with Crippen LogP contribution in [-0.2, 0) is 27.5 Å². The molecule has 0 aliphatic carbocycles. The maximum atomic E-state index is 13.1. The molecule has 9 heteroatoms. The zero-order valence-corrected chi connectivity index (χ0v) is 15.7. The lowest BCUT2D eigenvalue weighted by atomic mass is 9.96. The van der Waals surface area contributed by atoms with Crippen LogP contribution in [0, 0.1) is 0 Å². The standard InChI is InChI=1S/C19H18F2N2O4S/c20-18(21)28(25,26)17-7-2-1-5-16(17)22-9-8-14-13(12-22)4-3-6-15(14)23-10-11-27-19(23)24/h1-7,18H,8-12H2. The molecule has 0 atom stereocenters. The summed E-state index contributed by atoms with van der Waals surface area (Å²) in [5.41, 5.74) is 2.96. The third kappa shape index (κ3) is 3.09. The molecule has 0 radical (unpaired) electrons. The third-order valence-electron chi connectivity index (χ3n) is 5.04. The zero-order valence-electron chi connectivity index (χ0n) is 14.8. The largest absolute Gasteiger partial charge is 0.447 e. The third-order valence-corrected chi connectivity index (χ3v) is 6.47. The van der Waals surface area contributed by atoms with Crippen LogP contribution in [0.2, 0.25) is 0 Å². The van der Waals surface area contributed by atoms with Crippen LogP contribution in [0.15, 0.2) is 47.4 Å². The van der Waals surface area contributed by atoms with E-state index >= 15 is 0 Å². The van der Waals surface area contributed by atoms with Crippen molar-refractivity contribution in [3.8, 4) is 0 Å². The highest BCUT2D eigenvalue weighted by atomic mass is 32.2. The second-order valence-electron chi connectivity index (χ2n) is 6.63. The number of carbonyl (C=O) groups is 1. The van der Waals surface area contributed by atoms with Gasteiger partial charge in [-0.3, -0.25) is 4.90 Å². The van der Waals surface area contributed by atoms with Crippen LogP contribution in [0.1, 0.15) is 11.1 Å². The Morgan fingerprint density at radius 3 is 2.46 bits per heavy atom. The van der Waals surface area contributed by atoms with Gasteiger partial charge in [0, 0.05) is 13.1 Å². The average Bonchev–Trinajstić information content (AvgIpc) is 3.12. The van der Waals surface area contributed by atoms with E-state index in [1.807, 2.05) is 18.2 Å². The van der Waals surface area contributed by atoms with E-state index in [0.29, 0.717) is 32.7 Å². The molecule has 1 amide bonds. The molecule has 2 aliphatic rings. The molecular weight excluding hydrogens is 390 g/mol. The summed E-state index contributed by atoms with van der Waals surface area (Å²) >= 11 is 0. The first-order chi connectivity index (χ1) is 13.4. The van der Waals surface area contributed by atoms with Crippen LogP contribution >= 0.6 is 0 Å². The summed E-state index contributed by atoms with van der Waals surface area (Å²) in [6, 6.07) is 11.4. The maximum absolute atomic E-state index is 13.1. The number of carbonyl (C=O) groups excluding carboxylic acids is 1. The fourth-order valence-electron chi connectivity index (χ4n) is 3.72. The number of halogens is 2. The number of anilines is 2. The molecule has 0 N–H and O–H groups in total. The molecule has 0 saturated carbocycles. The Balaban J connectivity index is 1.69. The first-order valence-electron chi connectivity index (χ1n) is 8.80. The minimum absolute atomic E-state index is 0.263. The zero-order chi connectivity index (χ0) is 19.9. The Labute approximate surface area is 161 Å². The number of amides is 1. The van der Waals surface area contributed by atoms with E-state index in [0.717, 1.165) is 16.8 Å². The Hall–Kier alpha value is -2.68. The molecule has 2 aromatic rings. The van der Waals surface area contributed by atoms with Gasteiger partial charge in [0.05, 0.1) is 22.8 Å². The number of fused-ring (bicyclic) bond motifs is 1. The number of hydrogen-bond acceptors (Lipinski definition) is 5. The van der Waals surface area contributed by atoms with Gasteiger partial charge in [0.25, 0.3) is 0 Å². The van der Waals surface area contributed by atoms with E-state index < -0.39 is 15.6 Å². The van der Waals surface area contributed by atoms with Crippen molar-refractivity contribution in [1.29, 1.82) is 0 Å². The molecule has 2 aromatic carbocycles. The Morgan fingerprint density at radius 2 is 1.75 bits per heavy atom. The molecule has 0 spiro atoms. The molecule has 148 valence electrons. The molecule has 0 unspecified atom stereocenters. The van der Waals surface area contributed by atoms with Gasteiger partial charge in [-0.2, -0.15) is 8.78 Å². The Morgan fingerprint density at radius 1 is 1.00 bits per heavy atom. The number of cyclic esters (lactones) is 1. The summed E-state index contributed by atoms with van der Waals surface area (Å²) in [6.45, 7) is 1.63. The van der Waals surface area contributed by atoms with Gasteiger partial charge < -0.3 is 9.64 Å². The second kappa shape index (κ2) is 7.05. The minimum atomic E-state index is -4.71. The van der Waals surface area contributed by atoms with Crippen LogP contribution in [0.5, 0.6) is 0 Å². The van der Waals surface area contributed by atoms with Crippen LogP contribution in [0.4, 0.5) is 25.0 Å². The van der Waals surface area contributed by atoms with Crippen LogP contribution in [-0.4, -0.2) is 40.0 Å². The van der Waals surface area contributed by atoms with E-state index in [1.54, 1.807) is 21.9 Å². The molecule has 2 aliphatic heterocycles. The van der Waals surface area contributed by atoms with Gasteiger partial charge in [-0.15, -0.1) is 0 Å². The second-order valence-corrected chi connectivity index (χ2v) is 8.51. The van der Waals surface area contributed by atoms with Gasteiger partial charge in [-0.1, -0.05) is 24.3 Å². The van der Waals surface area contributed by atoms with Crippen molar-refractivity contribution in [2.45, 2.75) is 23.6 Å². The lowest BCUT2D eigenvalue weighted by Crippen LogP contribution is -2.34. The van der Waals surface area contributed by atoms with Crippen molar-refractivity contribution in [3.63, 3.8) is 0 Å². The van der Waals surface area contributed by atoms with Gasteiger partial charge in [0.1, 0.15) is 6.61 Å². The molecule has 1 fully saturated rings. The van der Waals surface area contributed by atoms with Gasteiger partial charge in [0.2, 0.25) is 9.84 Å². The fourth-order valence-corrected chi connectivity index (χ4v) is 4.66. The number of alkyl halides is 2. The van der Waals surface area contributed by atoms with Crippen molar-refractivity contribution >= 4 is 27.3 Å². The Kier molecular flexibility index (Phi) is 4.70. The fraction of sp³-hybridized carbons (Fsp3) is 0.316. The van der Waals surface area contributed by atoms with Crippen molar-refractivity contribution in [2.75, 3.05) is 29.5 Å². The number of sulfone groups is 1. The summed E-state index contributed by atoms with van der Waals surface area (Å²) in [5, 5.41) is 0. The van der Waals surface area contributed by atoms with E-state index in [1.165, 1.54) is 12.1 Å². The number of ether oxygens (including phenoxy) is 1. The minimum Gasteiger partial charge on any atom is -0.447 e. The maximum Gasteiger partial charge on any atom is 0.414 e. The van der Waals surface area contributed by atoms with Crippen molar-refractivity contribution in [2.24, 2.45) is 0 Å². The predicted molar refractivity (Wildman–Crippen MR) is 99.5 cm³/mol. The van der Waals surface area contributed by atoms with Gasteiger partial charge >= 0.3 is 11.9 Å². The molecular formula is C19H18F2N2O4S. The molecule has 4 rings (SSSR count). The SMILES string of the molecule is O=C1OCCN1c1cccc2c1CCN(c1ccccc1S(=O)(=O)C(F)F)C2. The van der Waals surface area contributed by atoms with E-state index in [4.69, 9.17) is 4.74 Å². The van der Waals surface area contributed by atoms with Crippen LogP contribution < -0.4 is 9.80 Å². The normalized spacial score (nSPS) is 17.0. The number of para-hydroxylation sites is 1. The molecule has 2 heterocycles. The Bertz CT molecular complexity index is 1030. The highest BCUT2D eigenvalue weighted by Gasteiger charge is 2.33. The number of hydrogen-bond donors (Lipinski definition) is 0. The average molecular weight is 408 g/mol. The lowest BCUT2D eigenvalue weighted by Gasteiger charge is -2.33. The first kappa shape index (κ1) is 18.7. The van der Waals surface area contributed by atoms with Gasteiger partial charge in [-0.05, 0) is 35.7 Å².